The smallest absolute Gasteiger partial charge is 0.304 e. The minimum absolute atomic E-state index is 0.105. The first-order chi connectivity index (χ1) is 7.48. The van der Waals surface area contributed by atoms with Gasteiger partial charge in [-0.2, -0.15) is 0 Å². The van der Waals surface area contributed by atoms with Gasteiger partial charge in [0.1, 0.15) is 0 Å². The monoisotopic (exact) mass is 237 g/mol. The van der Waals surface area contributed by atoms with Crippen molar-refractivity contribution in [3.05, 3.63) is 34.9 Å². The third-order valence-electron chi connectivity index (χ3n) is 2.02. The van der Waals surface area contributed by atoms with Crippen molar-refractivity contribution in [2.75, 3.05) is 0 Å². The maximum absolute atomic E-state index is 11.0. The first kappa shape index (κ1) is 12.6. The second-order valence-corrected chi connectivity index (χ2v) is 3.81. The standard InChI is InChI=1S/C12H12ClNO2/c1-3-8-12(14,16-9(2)15)10-4-6-11(13)7-5-10/h1,4-7H,8,14H2,2H3. The Hall–Kier alpha value is -1.50. The Morgan fingerprint density at radius 1 is 1.56 bits per heavy atom. The summed E-state index contributed by atoms with van der Waals surface area (Å²) in [6, 6.07) is 6.70. The van der Waals surface area contributed by atoms with Gasteiger partial charge in [-0.1, -0.05) is 23.7 Å². The molecular formula is C12H12ClNO2. The summed E-state index contributed by atoms with van der Waals surface area (Å²) in [4.78, 5) is 11.0. The first-order valence-electron chi connectivity index (χ1n) is 4.66. The molecule has 1 unspecified atom stereocenters. The molecule has 0 amide bonds. The van der Waals surface area contributed by atoms with Crippen molar-refractivity contribution >= 4 is 17.6 Å². The second-order valence-electron chi connectivity index (χ2n) is 3.37. The summed E-state index contributed by atoms with van der Waals surface area (Å²) in [7, 11) is 0. The molecule has 4 heteroatoms. The SMILES string of the molecule is C#CCC(N)(OC(C)=O)c1ccc(Cl)cc1. The Balaban J connectivity index is 3.06. The average Bonchev–Trinajstić information content (AvgIpc) is 2.17. The Bertz CT molecular complexity index is 422. The van der Waals surface area contributed by atoms with Gasteiger partial charge in [-0.3, -0.25) is 10.5 Å². The predicted molar refractivity (Wildman–Crippen MR) is 62.5 cm³/mol. The Kier molecular flexibility index (Phi) is 3.94. The van der Waals surface area contributed by atoms with Crippen LogP contribution in [0.1, 0.15) is 18.9 Å². The number of terminal acetylenes is 1. The second kappa shape index (κ2) is 5.02. The van der Waals surface area contributed by atoms with E-state index < -0.39 is 11.7 Å². The zero-order valence-corrected chi connectivity index (χ0v) is 9.62. The molecule has 0 fully saturated rings. The quantitative estimate of drug-likeness (QED) is 0.497. The number of nitrogens with two attached hydrogens (primary N) is 1. The van der Waals surface area contributed by atoms with Crippen LogP contribution >= 0.6 is 11.6 Å². The Labute approximate surface area is 99.5 Å². The topological polar surface area (TPSA) is 52.3 Å². The molecule has 1 aromatic carbocycles. The maximum Gasteiger partial charge on any atom is 0.304 e. The molecule has 0 saturated heterocycles. The minimum Gasteiger partial charge on any atom is -0.439 e. The van der Waals surface area contributed by atoms with Crippen LogP contribution in [0.25, 0.3) is 0 Å². The Morgan fingerprint density at radius 2 is 2.12 bits per heavy atom. The van der Waals surface area contributed by atoms with Gasteiger partial charge in [-0.05, 0) is 12.1 Å². The highest BCUT2D eigenvalue weighted by Crippen LogP contribution is 2.25. The number of ether oxygens (including phenoxy) is 1. The summed E-state index contributed by atoms with van der Waals surface area (Å²) in [6.07, 6.45) is 5.32. The van der Waals surface area contributed by atoms with Crippen LogP contribution in [0, 0.1) is 12.3 Å². The average molecular weight is 238 g/mol. The highest BCUT2D eigenvalue weighted by molar-refractivity contribution is 6.30. The van der Waals surface area contributed by atoms with Gasteiger partial charge < -0.3 is 4.74 Å². The largest absolute Gasteiger partial charge is 0.439 e. The molecule has 1 atom stereocenters. The maximum atomic E-state index is 11.0. The van der Waals surface area contributed by atoms with Crippen LogP contribution in [-0.4, -0.2) is 5.97 Å². The molecule has 0 bridgehead atoms. The fraction of sp³-hybridized carbons (Fsp3) is 0.250. The minimum atomic E-state index is -1.29. The normalized spacial score (nSPS) is 13.6. The fourth-order valence-corrected chi connectivity index (χ4v) is 1.46. The number of hydrogen-bond acceptors (Lipinski definition) is 3. The molecule has 0 heterocycles. The number of esters is 1. The number of hydrogen-bond donors (Lipinski definition) is 1. The van der Waals surface area contributed by atoms with E-state index >= 15 is 0 Å². The fourth-order valence-electron chi connectivity index (χ4n) is 1.34. The molecule has 1 aromatic rings. The van der Waals surface area contributed by atoms with Gasteiger partial charge in [-0.15, -0.1) is 12.3 Å². The summed E-state index contributed by atoms with van der Waals surface area (Å²) in [5.41, 5.74) is 5.28. The van der Waals surface area contributed by atoms with Gasteiger partial charge in [0.15, 0.2) is 5.72 Å². The van der Waals surface area contributed by atoms with Gasteiger partial charge in [0.2, 0.25) is 0 Å². The lowest BCUT2D eigenvalue weighted by molar-refractivity contribution is -0.157. The number of rotatable bonds is 3. The number of carbonyl (C=O) groups is 1. The van der Waals surface area contributed by atoms with Crippen LogP contribution in [0.5, 0.6) is 0 Å². The highest BCUT2D eigenvalue weighted by atomic mass is 35.5. The van der Waals surface area contributed by atoms with Crippen molar-refractivity contribution in [1.82, 2.24) is 0 Å². The van der Waals surface area contributed by atoms with Gasteiger partial charge >= 0.3 is 5.97 Å². The van der Waals surface area contributed by atoms with Crippen LogP contribution in [0.15, 0.2) is 24.3 Å². The predicted octanol–water partition coefficient (Wildman–Crippen LogP) is 2.04. The van der Waals surface area contributed by atoms with Crippen molar-refractivity contribution in [1.29, 1.82) is 0 Å². The summed E-state index contributed by atoms with van der Waals surface area (Å²) in [5.74, 6) is 1.91. The molecule has 1 rings (SSSR count). The van der Waals surface area contributed by atoms with Crippen molar-refractivity contribution in [2.24, 2.45) is 5.73 Å². The van der Waals surface area contributed by atoms with Crippen LogP contribution < -0.4 is 5.73 Å². The van der Waals surface area contributed by atoms with E-state index in [2.05, 4.69) is 5.92 Å². The number of benzene rings is 1. The van der Waals surface area contributed by atoms with Crippen LogP contribution in [0.3, 0.4) is 0 Å². The van der Waals surface area contributed by atoms with Gasteiger partial charge in [-0.25, -0.2) is 0 Å². The Morgan fingerprint density at radius 3 is 2.56 bits per heavy atom. The van der Waals surface area contributed by atoms with E-state index in [1.165, 1.54) is 6.92 Å². The molecule has 0 aromatic heterocycles. The molecule has 16 heavy (non-hydrogen) atoms. The van der Waals surface area contributed by atoms with Crippen molar-refractivity contribution in [2.45, 2.75) is 19.1 Å². The van der Waals surface area contributed by atoms with E-state index in [0.29, 0.717) is 10.6 Å². The lowest BCUT2D eigenvalue weighted by Crippen LogP contribution is -2.40. The highest BCUT2D eigenvalue weighted by Gasteiger charge is 2.29. The van der Waals surface area contributed by atoms with Crippen molar-refractivity contribution in [3.8, 4) is 12.3 Å². The summed E-state index contributed by atoms with van der Waals surface area (Å²) < 4.78 is 5.06. The van der Waals surface area contributed by atoms with E-state index in [1.807, 2.05) is 0 Å². The molecule has 0 aliphatic carbocycles. The molecule has 2 N–H and O–H groups in total. The molecule has 84 valence electrons. The van der Waals surface area contributed by atoms with E-state index in [4.69, 9.17) is 28.5 Å². The summed E-state index contributed by atoms with van der Waals surface area (Å²) in [5, 5.41) is 0.578. The number of halogens is 1. The molecule has 0 saturated carbocycles. The first-order valence-corrected chi connectivity index (χ1v) is 5.04. The lowest BCUT2D eigenvalue weighted by Gasteiger charge is -2.27. The molecule has 0 radical (unpaired) electrons. The van der Waals surface area contributed by atoms with Gasteiger partial charge in [0.05, 0.1) is 6.42 Å². The number of carbonyl (C=O) groups excluding carboxylic acids is 1. The third kappa shape index (κ3) is 2.99. The molecule has 3 nitrogen and oxygen atoms in total. The van der Waals surface area contributed by atoms with Crippen LogP contribution in [-0.2, 0) is 15.3 Å². The zero-order valence-electron chi connectivity index (χ0n) is 8.87. The molecule has 0 aliphatic rings. The van der Waals surface area contributed by atoms with Crippen molar-refractivity contribution in [3.63, 3.8) is 0 Å². The van der Waals surface area contributed by atoms with E-state index in [0.717, 1.165) is 0 Å². The van der Waals surface area contributed by atoms with Crippen molar-refractivity contribution < 1.29 is 9.53 Å². The molecular weight excluding hydrogens is 226 g/mol. The molecule has 0 aliphatic heterocycles. The third-order valence-corrected chi connectivity index (χ3v) is 2.28. The molecule has 0 spiro atoms. The van der Waals surface area contributed by atoms with E-state index in [-0.39, 0.29) is 6.42 Å². The summed E-state index contributed by atoms with van der Waals surface area (Å²) >= 11 is 5.76. The van der Waals surface area contributed by atoms with Gasteiger partial charge in [0.25, 0.3) is 0 Å². The summed E-state index contributed by atoms with van der Waals surface area (Å²) in [6.45, 7) is 1.29. The van der Waals surface area contributed by atoms with Crippen LogP contribution in [0.4, 0.5) is 0 Å². The van der Waals surface area contributed by atoms with E-state index in [1.54, 1.807) is 24.3 Å². The zero-order chi connectivity index (χ0) is 12.2. The van der Waals surface area contributed by atoms with E-state index in [9.17, 15) is 4.79 Å². The van der Waals surface area contributed by atoms with Crippen LogP contribution in [0.2, 0.25) is 5.02 Å². The van der Waals surface area contributed by atoms with Gasteiger partial charge in [0, 0.05) is 17.5 Å². The lowest BCUT2D eigenvalue weighted by atomic mass is 10.0.